The number of aromatic nitrogens is 3. The van der Waals surface area contributed by atoms with E-state index in [1.165, 1.54) is 23.9 Å². The summed E-state index contributed by atoms with van der Waals surface area (Å²) in [5.74, 6) is 1.28. The molecule has 1 N–H and O–H groups in total. The number of rotatable bonds is 8. The first kappa shape index (κ1) is 19.0. The number of nitrogens with one attached hydrogen (secondary N) is 1. The Labute approximate surface area is 151 Å². The highest BCUT2D eigenvalue weighted by Crippen LogP contribution is 2.22. The van der Waals surface area contributed by atoms with Crippen molar-refractivity contribution in [1.82, 2.24) is 19.5 Å². The summed E-state index contributed by atoms with van der Waals surface area (Å²) in [6.07, 6.45) is 1.78. The Balaban J connectivity index is 2.22. The molecule has 6 nitrogen and oxygen atoms in total. The van der Waals surface area contributed by atoms with Crippen LogP contribution < -0.4 is 4.72 Å². The van der Waals surface area contributed by atoms with Crippen molar-refractivity contribution in [2.45, 2.75) is 36.5 Å². The Hall–Kier alpha value is -1.35. The van der Waals surface area contributed by atoms with E-state index < -0.39 is 16.1 Å². The van der Waals surface area contributed by atoms with Crippen LogP contribution in [-0.2, 0) is 16.6 Å². The fraction of sp³-hybridized carbons (Fsp3) is 0.333. The predicted molar refractivity (Wildman–Crippen MR) is 96.8 cm³/mol. The van der Waals surface area contributed by atoms with Crippen LogP contribution in [0.15, 0.2) is 47.0 Å². The molecule has 0 fully saturated rings. The summed E-state index contributed by atoms with van der Waals surface area (Å²) in [4.78, 5) is 0.155. The highest BCUT2D eigenvalue weighted by atomic mass is 35.5. The number of halogens is 1. The zero-order chi connectivity index (χ0) is 17.7. The van der Waals surface area contributed by atoms with Crippen molar-refractivity contribution in [3.63, 3.8) is 0 Å². The number of thioether (sulfide) groups is 1. The number of benzene rings is 1. The van der Waals surface area contributed by atoms with E-state index in [9.17, 15) is 8.42 Å². The van der Waals surface area contributed by atoms with Gasteiger partial charge in [-0.25, -0.2) is 13.1 Å². The minimum atomic E-state index is -3.67. The van der Waals surface area contributed by atoms with Crippen LogP contribution in [0.25, 0.3) is 0 Å². The molecule has 24 heavy (non-hydrogen) atoms. The Morgan fingerprint density at radius 1 is 1.38 bits per heavy atom. The van der Waals surface area contributed by atoms with Crippen LogP contribution in [0.1, 0.15) is 25.7 Å². The van der Waals surface area contributed by atoms with E-state index in [0.29, 0.717) is 23.1 Å². The molecule has 2 aromatic rings. The molecule has 0 radical (unpaired) electrons. The molecule has 0 amide bonds. The van der Waals surface area contributed by atoms with E-state index >= 15 is 0 Å². The second-order valence-electron chi connectivity index (χ2n) is 4.98. The Kier molecular flexibility index (Phi) is 6.45. The monoisotopic (exact) mass is 386 g/mol. The molecule has 0 aliphatic rings. The molecular formula is C15H19ClN4O2S2. The highest BCUT2D eigenvalue weighted by molar-refractivity contribution is 7.99. The topological polar surface area (TPSA) is 76.9 Å². The van der Waals surface area contributed by atoms with Crippen molar-refractivity contribution in [3.8, 4) is 0 Å². The molecule has 0 aliphatic carbocycles. The number of sulfonamides is 1. The summed E-state index contributed by atoms with van der Waals surface area (Å²) in [6, 6.07) is 5.50. The van der Waals surface area contributed by atoms with Gasteiger partial charge in [-0.2, -0.15) is 0 Å². The van der Waals surface area contributed by atoms with Crippen molar-refractivity contribution < 1.29 is 8.42 Å². The van der Waals surface area contributed by atoms with Crippen LogP contribution in [0.5, 0.6) is 0 Å². The first-order chi connectivity index (χ1) is 11.4. The van der Waals surface area contributed by atoms with Crippen LogP contribution in [0.4, 0.5) is 0 Å². The van der Waals surface area contributed by atoms with Gasteiger partial charge in [0, 0.05) is 17.3 Å². The molecule has 0 unspecified atom stereocenters. The van der Waals surface area contributed by atoms with Crippen LogP contribution in [0, 0.1) is 0 Å². The lowest BCUT2D eigenvalue weighted by Crippen LogP contribution is -2.29. The summed E-state index contributed by atoms with van der Waals surface area (Å²) in [5, 5.41) is 9.50. The van der Waals surface area contributed by atoms with Gasteiger partial charge in [-0.15, -0.1) is 16.8 Å². The lowest BCUT2D eigenvalue weighted by atomic mass is 10.3. The lowest BCUT2D eigenvalue weighted by Gasteiger charge is -2.15. The Bertz CT molecular complexity index is 803. The summed E-state index contributed by atoms with van der Waals surface area (Å²) in [5.41, 5.74) is 0. The van der Waals surface area contributed by atoms with Crippen molar-refractivity contribution >= 4 is 33.4 Å². The van der Waals surface area contributed by atoms with E-state index in [0.717, 1.165) is 5.16 Å². The fourth-order valence-electron chi connectivity index (χ4n) is 2.13. The van der Waals surface area contributed by atoms with Gasteiger partial charge in [0.2, 0.25) is 10.0 Å². The molecule has 2 rings (SSSR count). The molecular weight excluding hydrogens is 368 g/mol. The molecule has 1 aromatic heterocycles. The van der Waals surface area contributed by atoms with Gasteiger partial charge in [-0.3, -0.25) is 0 Å². The van der Waals surface area contributed by atoms with Crippen LogP contribution in [0.3, 0.4) is 0 Å². The average molecular weight is 387 g/mol. The molecule has 0 spiro atoms. The number of nitrogens with zero attached hydrogens (tertiary/aromatic N) is 3. The third kappa shape index (κ3) is 4.38. The maximum atomic E-state index is 12.5. The van der Waals surface area contributed by atoms with Crippen LogP contribution in [0.2, 0.25) is 5.02 Å². The molecule has 1 atom stereocenters. The smallest absolute Gasteiger partial charge is 0.241 e. The minimum absolute atomic E-state index is 0.155. The van der Waals surface area contributed by atoms with Crippen molar-refractivity contribution in [3.05, 3.63) is 47.8 Å². The largest absolute Gasteiger partial charge is 0.305 e. The van der Waals surface area contributed by atoms with Gasteiger partial charge in [0.15, 0.2) is 11.0 Å². The number of hydrogen-bond donors (Lipinski definition) is 1. The van der Waals surface area contributed by atoms with E-state index in [4.69, 9.17) is 11.6 Å². The van der Waals surface area contributed by atoms with Gasteiger partial charge < -0.3 is 4.57 Å². The summed E-state index contributed by atoms with van der Waals surface area (Å²) >= 11 is 7.31. The molecule has 9 heteroatoms. The zero-order valence-corrected chi connectivity index (χ0v) is 15.8. The van der Waals surface area contributed by atoms with Gasteiger partial charge in [-0.1, -0.05) is 29.4 Å². The van der Waals surface area contributed by atoms with Gasteiger partial charge in [0.1, 0.15) is 0 Å². The molecule has 1 heterocycles. The van der Waals surface area contributed by atoms with Gasteiger partial charge in [0.05, 0.1) is 10.9 Å². The SMILES string of the molecule is C=CCSc1nnc([C@@H](C)NS(=O)(=O)c2ccc(Cl)cc2)n1CC. The van der Waals surface area contributed by atoms with Crippen molar-refractivity contribution in [1.29, 1.82) is 0 Å². The van der Waals surface area contributed by atoms with E-state index in [2.05, 4.69) is 21.5 Å². The molecule has 0 bridgehead atoms. The standard InChI is InChI=1S/C15H19ClN4O2S2/c1-4-10-23-15-18-17-14(20(15)5-2)11(3)19-24(21,22)13-8-6-12(16)7-9-13/h4,6-9,11,19H,1,5,10H2,2-3H3/t11-/m1/s1. The maximum absolute atomic E-state index is 12.5. The van der Waals surface area contributed by atoms with Gasteiger partial charge in [-0.05, 0) is 38.1 Å². The summed E-state index contributed by atoms with van der Waals surface area (Å²) < 4.78 is 29.5. The molecule has 1 aromatic carbocycles. The fourth-order valence-corrected chi connectivity index (χ4v) is 4.20. The van der Waals surface area contributed by atoms with Gasteiger partial charge in [0.25, 0.3) is 0 Å². The van der Waals surface area contributed by atoms with Crippen LogP contribution in [-0.4, -0.2) is 28.9 Å². The first-order valence-corrected chi connectivity index (χ1v) is 10.2. The molecule has 0 saturated carbocycles. The Morgan fingerprint density at radius 3 is 2.62 bits per heavy atom. The van der Waals surface area contributed by atoms with E-state index in [1.807, 2.05) is 11.5 Å². The number of hydrogen-bond acceptors (Lipinski definition) is 5. The highest BCUT2D eigenvalue weighted by Gasteiger charge is 2.23. The normalized spacial score (nSPS) is 13.0. The molecule has 0 aliphatic heterocycles. The third-order valence-electron chi connectivity index (χ3n) is 3.24. The maximum Gasteiger partial charge on any atom is 0.241 e. The zero-order valence-electron chi connectivity index (χ0n) is 13.4. The lowest BCUT2D eigenvalue weighted by molar-refractivity contribution is 0.539. The molecule has 130 valence electrons. The summed E-state index contributed by atoms with van der Waals surface area (Å²) in [6.45, 7) is 8.03. The Morgan fingerprint density at radius 2 is 2.04 bits per heavy atom. The second-order valence-corrected chi connectivity index (χ2v) is 8.12. The third-order valence-corrected chi connectivity index (χ3v) is 6.01. The second kappa shape index (κ2) is 8.15. The van der Waals surface area contributed by atoms with E-state index in [-0.39, 0.29) is 4.90 Å². The average Bonchev–Trinajstić information content (AvgIpc) is 2.95. The minimum Gasteiger partial charge on any atom is -0.305 e. The quantitative estimate of drug-likeness (QED) is 0.556. The first-order valence-electron chi connectivity index (χ1n) is 7.33. The molecule has 0 saturated heterocycles. The van der Waals surface area contributed by atoms with Crippen LogP contribution >= 0.6 is 23.4 Å². The van der Waals surface area contributed by atoms with Crippen molar-refractivity contribution in [2.75, 3.05) is 5.75 Å². The predicted octanol–water partition coefficient (Wildman–Crippen LogP) is 3.27. The van der Waals surface area contributed by atoms with Gasteiger partial charge >= 0.3 is 0 Å². The summed E-state index contributed by atoms with van der Waals surface area (Å²) in [7, 11) is -3.67. The van der Waals surface area contributed by atoms with E-state index in [1.54, 1.807) is 25.1 Å². The van der Waals surface area contributed by atoms with Crippen molar-refractivity contribution in [2.24, 2.45) is 0 Å².